The Balaban J connectivity index is 1.99. The molecule has 0 radical (unpaired) electrons. The van der Waals surface area contributed by atoms with Gasteiger partial charge in [0.05, 0.1) is 12.3 Å². The molecule has 0 saturated heterocycles. The van der Waals surface area contributed by atoms with Crippen LogP contribution in [0.25, 0.3) is 5.57 Å². The van der Waals surface area contributed by atoms with E-state index in [2.05, 4.69) is 4.98 Å². The fraction of sp³-hybridized carbons (Fsp3) is 0.500. The van der Waals surface area contributed by atoms with E-state index in [1.165, 1.54) is 5.57 Å². The summed E-state index contributed by atoms with van der Waals surface area (Å²) < 4.78 is 5.37. The van der Waals surface area contributed by atoms with Gasteiger partial charge in [0.1, 0.15) is 5.60 Å². The van der Waals surface area contributed by atoms with Crippen LogP contribution in [0.5, 0.6) is 0 Å². The summed E-state index contributed by atoms with van der Waals surface area (Å²) in [5.74, 6) is 0. The average Bonchev–Trinajstić information content (AvgIpc) is 2.46. The highest BCUT2D eigenvalue weighted by molar-refractivity contribution is 5.72. The van der Waals surface area contributed by atoms with Crippen molar-refractivity contribution in [3.63, 3.8) is 0 Å². The van der Waals surface area contributed by atoms with Crippen LogP contribution in [0.2, 0.25) is 0 Å². The molecule has 1 N–H and O–H groups in total. The minimum Gasteiger partial charge on any atom is -0.444 e. The molecule has 0 aromatic carbocycles. The Bertz CT molecular complexity index is 529. The van der Waals surface area contributed by atoms with Crippen LogP contribution >= 0.6 is 0 Å². The number of hydrogen-bond acceptors (Lipinski definition) is 4. The van der Waals surface area contributed by atoms with Gasteiger partial charge in [0.15, 0.2) is 0 Å². The number of carbonyl (C=O) groups is 1. The number of aliphatic hydroxyl groups excluding tert-OH is 1. The Labute approximate surface area is 125 Å². The Morgan fingerprint density at radius 3 is 2.67 bits per heavy atom. The zero-order valence-corrected chi connectivity index (χ0v) is 12.8. The molecule has 0 atom stereocenters. The van der Waals surface area contributed by atoms with E-state index in [0.717, 1.165) is 12.0 Å². The third-order valence-corrected chi connectivity index (χ3v) is 3.22. The highest BCUT2D eigenvalue weighted by Crippen LogP contribution is 2.23. The Hall–Kier alpha value is -1.88. The molecule has 0 fully saturated rings. The van der Waals surface area contributed by atoms with Gasteiger partial charge in [-0.1, -0.05) is 12.1 Å². The number of aromatic nitrogens is 1. The number of ether oxygens (including phenoxy) is 1. The van der Waals surface area contributed by atoms with Crippen molar-refractivity contribution in [3.05, 3.63) is 35.7 Å². The third kappa shape index (κ3) is 4.29. The Morgan fingerprint density at radius 2 is 2.19 bits per heavy atom. The first-order valence-electron chi connectivity index (χ1n) is 7.12. The Morgan fingerprint density at radius 1 is 1.43 bits per heavy atom. The van der Waals surface area contributed by atoms with Crippen molar-refractivity contribution in [1.29, 1.82) is 0 Å². The molecule has 1 amide bonds. The maximum atomic E-state index is 12.0. The monoisotopic (exact) mass is 290 g/mol. The number of carbonyl (C=O) groups excluding carboxylic acids is 1. The maximum absolute atomic E-state index is 12.0. The van der Waals surface area contributed by atoms with E-state index in [1.54, 1.807) is 11.1 Å². The molecular weight excluding hydrogens is 268 g/mol. The van der Waals surface area contributed by atoms with E-state index in [1.807, 2.05) is 39.0 Å². The van der Waals surface area contributed by atoms with E-state index in [-0.39, 0.29) is 12.7 Å². The van der Waals surface area contributed by atoms with Crippen LogP contribution in [0.1, 0.15) is 38.4 Å². The lowest BCUT2D eigenvalue weighted by Gasteiger charge is -2.29. The minimum atomic E-state index is -0.467. The second-order valence-electron chi connectivity index (χ2n) is 6.10. The van der Waals surface area contributed by atoms with Crippen molar-refractivity contribution in [2.24, 2.45) is 0 Å². The van der Waals surface area contributed by atoms with Gasteiger partial charge < -0.3 is 14.7 Å². The van der Waals surface area contributed by atoms with Crippen molar-refractivity contribution in [1.82, 2.24) is 9.88 Å². The summed E-state index contributed by atoms with van der Waals surface area (Å²) in [5, 5.41) is 8.99. The van der Waals surface area contributed by atoms with Crippen LogP contribution in [-0.2, 0) is 11.3 Å². The molecule has 0 aliphatic carbocycles. The molecule has 2 heterocycles. The molecule has 2 rings (SSSR count). The first-order chi connectivity index (χ1) is 9.89. The van der Waals surface area contributed by atoms with Gasteiger partial charge in [-0.2, -0.15) is 0 Å². The summed E-state index contributed by atoms with van der Waals surface area (Å²) in [6, 6.07) is 3.77. The molecule has 1 aromatic rings. The maximum Gasteiger partial charge on any atom is 0.410 e. The fourth-order valence-electron chi connectivity index (χ4n) is 2.13. The molecule has 1 aromatic heterocycles. The lowest BCUT2D eigenvalue weighted by molar-refractivity contribution is 0.0270. The molecule has 1 aliphatic rings. The quantitative estimate of drug-likeness (QED) is 0.909. The van der Waals surface area contributed by atoms with E-state index in [4.69, 9.17) is 9.84 Å². The van der Waals surface area contributed by atoms with Crippen LogP contribution in [-0.4, -0.2) is 39.8 Å². The SMILES string of the molecule is CC(C)(C)OC(=O)N1CC=C(c2ccc(CO)nc2)CC1. The van der Waals surface area contributed by atoms with Crippen LogP contribution in [0.3, 0.4) is 0 Å². The van der Waals surface area contributed by atoms with Crippen molar-refractivity contribution in [3.8, 4) is 0 Å². The van der Waals surface area contributed by atoms with E-state index < -0.39 is 5.60 Å². The van der Waals surface area contributed by atoms with Crippen LogP contribution < -0.4 is 0 Å². The number of hydrogen-bond donors (Lipinski definition) is 1. The summed E-state index contributed by atoms with van der Waals surface area (Å²) in [6.45, 7) is 6.74. The van der Waals surface area contributed by atoms with Gasteiger partial charge in [-0.3, -0.25) is 4.98 Å². The molecule has 1 aliphatic heterocycles. The topological polar surface area (TPSA) is 62.7 Å². The largest absolute Gasteiger partial charge is 0.444 e. The van der Waals surface area contributed by atoms with Crippen molar-refractivity contribution >= 4 is 11.7 Å². The molecule has 5 nitrogen and oxygen atoms in total. The van der Waals surface area contributed by atoms with Gasteiger partial charge in [0.25, 0.3) is 0 Å². The van der Waals surface area contributed by atoms with Gasteiger partial charge >= 0.3 is 6.09 Å². The summed E-state index contributed by atoms with van der Waals surface area (Å²) in [5.41, 5.74) is 2.40. The van der Waals surface area contributed by atoms with Gasteiger partial charge in [0.2, 0.25) is 0 Å². The van der Waals surface area contributed by atoms with Gasteiger partial charge in [-0.25, -0.2) is 4.79 Å². The van der Waals surface area contributed by atoms with Crippen molar-refractivity contribution < 1.29 is 14.6 Å². The predicted molar refractivity (Wildman–Crippen MR) is 80.6 cm³/mol. The normalized spacial score (nSPS) is 15.6. The van der Waals surface area contributed by atoms with E-state index >= 15 is 0 Å². The fourth-order valence-corrected chi connectivity index (χ4v) is 2.13. The molecule has 5 heteroatoms. The van der Waals surface area contributed by atoms with E-state index in [0.29, 0.717) is 18.8 Å². The number of rotatable bonds is 2. The van der Waals surface area contributed by atoms with Crippen molar-refractivity contribution in [2.75, 3.05) is 13.1 Å². The second-order valence-corrected chi connectivity index (χ2v) is 6.10. The first-order valence-corrected chi connectivity index (χ1v) is 7.12. The molecule has 0 bridgehead atoms. The minimum absolute atomic E-state index is 0.0499. The lowest BCUT2D eigenvalue weighted by atomic mass is 10.0. The standard InChI is InChI=1S/C16H22N2O3/c1-16(2,3)21-15(20)18-8-6-12(7-9-18)13-4-5-14(11-19)17-10-13/h4-6,10,19H,7-9,11H2,1-3H3. The molecule has 0 unspecified atom stereocenters. The van der Waals surface area contributed by atoms with Crippen LogP contribution in [0.15, 0.2) is 24.4 Å². The number of pyridine rings is 1. The molecule has 0 saturated carbocycles. The lowest BCUT2D eigenvalue weighted by Crippen LogP contribution is -2.39. The summed E-state index contributed by atoms with van der Waals surface area (Å²) >= 11 is 0. The van der Waals surface area contributed by atoms with E-state index in [9.17, 15) is 4.79 Å². The average molecular weight is 290 g/mol. The predicted octanol–water partition coefficient (Wildman–Crippen LogP) is 2.60. The molecule has 21 heavy (non-hydrogen) atoms. The molecule has 114 valence electrons. The smallest absolute Gasteiger partial charge is 0.410 e. The summed E-state index contributed by atoms with van der Waals surface area (Å²) in [7, 11) is 0. The number of nitrogens with zero attached hydrogens (tertiary/aromatic N) is 2. The van der Waals surface area contributed by atoms with Crippen molar-refractivity contribution in [2.45, 2.75) is 39.4 Å². The van der Waals surface area contributed by atoms with Gasteiger partial charge in [-0.15, -0.1) is 0 Å². The Kier molecular flexibility index (Phi) is 4.63. The van der Waals surface area contributed by atoms with Crippen LogP contribution in [0, 0.1) is 0 Å². The first kappa shape index (κ1) is 15.5. The molecular formula is C16H22N2O3. The number of amides is 1. The van der Waals surface area contributed by atoms with Crippen LogP contribution in [0.4, 0.5) is 4.79 Å². The molecule has 0 spiro atoms. The zero-order chi connectivity index (χ0) is 15.5. The number of aliphatic hydroxyl groups is 1. The summed E-state index contributed by atoms with van der Waals surface area (Å²) in [4.78, 5) is 17.9. The highest BCUT2D eigenvalue weighted by atomic mass is 16.6. The van der Waals surface area contributed by atoms with Gasteiger partial charge in [-0.05, 0) is 44.4 Å². The van der Waals surface area contributed by atoms with Gasteiger partial charge in [0, 0.05) is 19.3 Å². The highest BCUT2D eigenvalue weighted by Gasteiger charge is 2.23. The third-order valence-electron chi connectivity index (χ3n) is 3.22. The second kappa shape index (κ2) is 6.26. The summed E-state index contributed by atoms with van der Waals surface area (Å²) in [6.07, 6.45) is 4.30. The zero-order valence-electron chi connectivity index (χ0n) is 12.8.